The van der Waals surface area contributed by atoms with Crippen LogP contribution in [0.1, 0.15) is 37.4 Å². The fraction of sp³-hybridized carbons (Fsp3) is 0.556. The number of unbranched alkanes of at least 4 members (excludes halogenated alkanes) is 1. The zero-order chi connectivity index (χ0) is 11.4. The summed E-state index contributed by atoms with van der Waals surface area (Å²) in [6.45, 7) is 2.42. The number of rotatable bonds is 4. The van der Waals surface area contributed by atoms with Crippen molar-refractivity contribution in [3.63, 3.8) is 0 Å². The van der Waals surface area contributed by atoms with E-state index in [9.17, 15) is 8.78 Å². The van der Waals surface area contributed by atoms with E-state index in [1.165, 1.54) is 4.68 Å². The summed E-state index contributed by atoms with van der Waals surface area (Å²) in [5, 5.41) is 12.3. The molecule has 0 saturated heterocycles. The van der Waals surface area contributed by atoms with Crippen molar-refractivity contribution in [2.75, 3.05) is 0 Å². The zero-order valence-corrected chi connectivity index (χ0v) is 8.93. The van der Waals surface area contributed by atoms with Crippen molar-refractivity contribution in [3.8, 4) is 6.07 Å². The maximum atomic E-state index is 12.4. The molecule has 6 heteroatoms. The molecule has 1 rings (SSSR count). The number of aromatic nitrogens is 2. The Morgan fingerprint density at radius 3 is 2.67 bits per heavy atom. The highest BCUT2D eigenvalue weighted by Gasteiger charge is 2.22. The molecule has 0 spiro atoms. The molecule has 82 valence electrons. The van der Waals surface area contributed by atoms with Crippen LogP contribution in [0.25, 0.3) is 0 Å². The van der Waals surface area contributed by atoms with Gasteiger partial charge in [0.05, 0.1) is 0 Å². The third kappa shape index (κ3) is 2.45. The molecule has 0 aromatic carbocycles. The predicted molar refractivity (Wildman–Crippen MR) is 51.8 cm³/mol. The van der Waals surface area contributed by atoms with E-state index in [1.807, 2.05) is 6.92 Å². The van der Waals surface area contributed by atoms with E-state index in [1.54, 1.807) is 6.07 Å². The molecular formula is C9H10ClF2N3. The Morgan fingerprint density at radius 1 is 1.60 bits per heavy atom. The molecule has 1 aromatic heterocycles. The second-order valence-electron chi connectivity index (χ2n) is 3.04. The lowest BCUT2D eigenvalue weighted by Crippen LogP contribution is -2.00. The first-order chi connectivity index (χ1) is 7.11. The molecule has 0 aliphatic carbocycles. The average molecular weight is 234 g/mol. The van der Waals surface area contributed by atoms with Crippen LogP contribution >= 0.6 is 11.6 Å². The molecule has 0 unspecified atom stereocenters. The van der Waals surface area contributed by atoms with E-state index in [0.29, 0.717) is 6.54 Å². The van der Waals surface area contributed by atoms with Crippen LogP contribution in [0, 0.1) is 11.3 Å². The molecule has 0 atom stereocenters. The van der Waals surface area contributed by atoms with Crippen molar-refractivity contribution in [2.45, 2.75) is 32.7 Å². The van der Waals surface area contributed by atoms with Gasteiger partial charge in [0, 0.05) is 6.54 Å². The summed E-state index contributed by atoms with van der Waals surface area (Å²) in [5.41, 5.74) is -0.749. The van der Waals surface area contributed by atoms with E-state index < -0.39 is 12.1 Å². The van der Waals surface area contributed by atoms with E-state index >= 15 is 0 Å². The Bertz CT molecular complexity index is 381. The summed E-state index contributed by atoms with van der Waals surface area (Å²) in [6.07, 6.45) is -1.07. The minimum atomic E-state index is -2.76. The fourth-order valence-electron chi connectivity index (χ4n) is 1.17. The number of hydrogen-bond acceptors (Lipinski definition) is 2. The van der Waals surface area contributed by atoms with Gasteiger partial charge in [-0.2, -0.15) is 10.4 Å². The van der Waals surface area contributed by atoms with Crippen LogP contribution < -0.4 is 0 Å². The van der Waals surface area contributed by atoms with Crippen molar-refractivity contribution in [1.82, 2.24) is 9.78 Å². The van der Waals surface area contributed by atoms with Gasteiger partial charge in [-0.05, 0) is 6.42 Å². The van der Waals surface area contributed by atoms with Gasteiger partial charge in [-0.3, -0.25) is 4.68 Å². The van der Waals surface area contributed by atoms with Crippen LogP contribution in [0.4, 0.5) is 8.78 Å². The Morgan fingerprint density at radius 2 is 2.27 bits per heavy atom. The molecule has 0 fully saturated rings. The van der Waals surface area contributed by atoms with Gasteiger partial charge in [0.1, 0.15) is 22.5 Å². The molecule has 0 saturated carbocycles. The van der Waals surface area contributed by atoms with Crippen LogP contribution in [-0.2, 0) is 6.54 Å². The first kappa shape index (κ1) is 11.9. The minimum absolute atomic E-state index is 0.00116. The smallest absolute Gasteiger partial charge is 0.252 e. The third-order valence-corrected chi connectivity index (χ3v) is 2.34. The maximum Gasteiger partial charge on any atom is 0.283 e. The highest BCUT2D eigenvalue weighted by Crippen LogP contribution is 2.27. The summed E-state index contributed by atoms with van der Waals surface area (Å²) in [7, 11) is 0. The van der Waals surface area contributed by atoms with Gasteiger partial charge < -0.3 is 0 Å². The predicted octanol–water partition coefficient (Wildman–Crippen LogP) is 3.15. The lowest BCUT2D eigenvalue weighted by molar-refractivity contribution is 0.144. The normalized spacial score (nSPS) is 10.7. The van der Waals surface area contributed by atoms with Crippen molar-refractivity contribution in [1.29, 1.82) is 5.26 Å². The quantitative estimate of drug-likeness (QED) is 0.802. The minimum Gasteiger partial charge on any atom is -0.252 e. The first-order valence-electron chi connectivity index (χ1n) is 4.56. The Hall–Kier alpha value is -1.15. The van der Waals surface area contributed by atoms with Crippen LogP contribution in [-0.4, -0.2) is 9.78 Å². The fourth-order valence-corrected chi connectivity index (χ4v) is 1.43. The van der Waals surface area contributed by atoms with Crippen molar-refractivity contribution in [3.05, 3.63) is 16.4 Å². The van der Waals surface area contributed by atoms with Gasteiger partial charge in [0.25, 0.3) is 6.43 Å². The summed E-state index contributed by atoms with van der Waals surface area (Å²) in [4.78, 5) is 0. The first-order valence-corrected chi connectivity index (χ1v) is 4.94. The van der Waals surface area contributed by atoms with E-state index in [4.69, 9.17) is 16.9 Å². The highest BCUT2D eigenvalue weighted by molar-refractivity contribution is 6.30. The van der Waals surface area contributed by atoms with Crippen LogP contribution in [0.3, 0.4) is 0 Å². The Balaban J connectivity index is 3.05. The molecule has 0 amide bonds. The van der Waals surface area contributed by atoms with Gasteiger partial charge in [-0.1, -0.05) is 24.9 Å². The van der Waals surface area contributed by atoms with Crippen molar-refractivity contribution < 1.29 is 8.78 Å². The molecule has 0 aliphatic rings. The van der Waals surface area contributed by atoms with Crippen LogP contribution in [0.5, 0.6) is 0 Å². The summed E-state index contributed by atoms with van der Waals surface area (Å²) < 4.78 is 26.1. The lowest BCUT2D eigenvalue weighted by Gasteiger charge is -1.99. The third-order valence-electron chi connectivity index (χ3n) is 1.96. The van der Waals surface area contributed by atoms with E-state index in [2.05, 4.69) is 5.10 Å². The van der Waals surface area contributed by atoms with Gasteiger partial charge in [0.15, 0.2) is 0 Å². The molecule has 0 aliphatic heterocycles. The number of aryl methyl sites for hydroxylation is 1. The topological polar surface area (TPSA) is 41.6 Å². The molecule has 15 heavy (non-hydrogen) atoms. The lowest BCUT2D eigenvalue weighted by atomic mass is 10.3. The SMILES string of the molecule is CCCCn1nc(C(F)F)c(C#N)c1Cl. The van der Waals surface area contributed by atoms with Crippen LogP contribution in [0.2, 0.25) is 5.15 Å². The monoisotopic (exact) mass is 233 g/mol. The molecule has 0 bridgehead atoms. The standard InChI is InChI=1S/C9H10ClF2N3/c1-2-3-4-15-8(10)6(5-13)7(14-15)9(11)12/h9H,2-4H2,1H3. The van der Waals surface area contributed by atoms with Gasteiger partial charge in [0.2, 0.25) is 0 Å². The Kier molecular flexibility index (Phi) is 4.04. The molecule has 1 aromatic rings. The molecular weight excluding hydrogens is 224 g/mol. The summed E-state index contributed by atoms with van der Waals surface area (Å²) in [6, 6.07) is 1.65. The maximum absolute atomic E-state index is 12.4. The zero-order valence-electron chi connectivity index (χ0n) is 8.17. The summed E-state index contributed by atoms with van der Waals surface area (Å²) >= 11 is 5.75. The van der Waals surface area contributed by atoms with Gasteiger partial charge in [-0.15, -0.1) is 0 Å². The van der Waals surface area contributed by atoms with E-state index in [-0.39, 0.29) is 10.7 Å². The molecule has 3 nitrogen and oxygen atoms in total. The summed E-state index contributed by atoms with van der Waals surface area (Å²) in [5.74, 6) is 0. The number of hydrogen-bond donors (Lipinski definition) is 0. The molecule has 0 N–H and O–H groups in total. The van der Waals surface area contributed by atoms with Gasteiger partial charge >= 0.3 is 0 Å². The number of alkyl halides is 2. The van der Waals surface area contributed by atoms with Gasteiger partial charge in [-0.25, -0.2) is 8.78 Å². The number of nitriles is 1. The molecule has 1 heterocycles. The second kappa shape index (κ2) is 5.08. The molecule has 0 radical (unpaired) electrons. The Labute approximate surface area is 91.3 Å². The van der Waals surface area contributed by atoms with E-state index in [0.717, 1.165) is 12.8 Å². The number of nitrogens with zero attached hydrogens (tertiary/aromatic N) is 3. The van der Waals surface area contributed by atoms with Crippen molar-refractivity contribution in [2.24, 2.45) is 0 Å². The second-order valence-corrected chi connectivity index (χ2v) is 3.40. The highest BCUT2D eigenvalue weighted by atomic mass is 35.5. The largest absolute Gasteiger partial charge is 0.283 e. The number of halogens is 3. The average Bonchev–Trinajstić information content (AvgIpc) is 2.52. The van der Waals surface area contributed by atoms with Crippen LogP contribution in [0.15, 0.2) is 0 Å². The van der Waals surface area contributed by atoms with Crippen molar-refractivity contribution >= 4 is 11.6 Å².